The van der Waals surface area contributed by atoms with Gasteiger partial charge in [-0.1, -0.05) is 12.1 Å². The highest BCUT2D eigenvalue weighted by molar-refractivity contribution is 5.94. The van der Waals surface area contributed by atoms with Crippen molar-refractivity contribution < 1.29 is 23.7 Å². The summed E-state index contributed by atoms with van der Waals surface area (Å²) < 4.78 is 22.4. The van der Waals surface area contributed by atoms with Gasteiger partial charge in [0, 0.05) is 48.8 Å². The van der Waals surface area contributed by atoms with Crippen LogP contribution in [0.4, 0.5) is 0 Å². The van der Waals surface area contributed by atoms with Gasteiger partial charge in [0.2, 0.25) is 5.88 Å². The third kappa shape index (κ3) is 5.51. The number of aromatic nitrogens is 3. The maximum Gasteiger partial charge on any atom is 0.316 e. The normalized spacial score (nSPS) is 19.2. The third-order valence-electron chi connectivity index (χ3n) is 6.17. The second kappa shape index (κ2) is 10.7. The smallest absolute Gasteiger partial charge is 0.316 e. The molecular weight excluding hydrogens is 448 g/mol. The van der Waals surface area contributed by atoms with E-state index in [2.05, 4.69) is 20.3 Å². The van der Waals surface area contributed by atoms with Gasteiger partial charge in [-0.3, -0.25) is 4.79 Å². The van der Waals surface area contributed by atoms with Crippen LogP contribution in [0.15, 0.2) is 48.9 Å². The van der Waals surface area contributed by atoms with Crippen LogP contribution in [0.5, 0.6) is 17.6 Å². The van der Waals surface area contributed by atoms with Crippen molar-refractivity contribution in [2.24, 2.45) is 0 Å². The molecule has 2 aliphatic rings. The van der Waals surface area contributed by atoms with E-state index in [0.29, 0.717) is 37.1 Å². The maximum absolute atomic E-state index is 12.9. The van der Waals surface area contributed by atoms with Gasteiger partial charge in [0.1, 0.15) is 19.0 Å². The van der Waals surface area contributed by atoms with Crippen molar-refractivity contribution in [3.63, 3.8) is 0 Å². The molecule has 35 heavy (non-hydrogen) atoms. The van der Waals surface area contributed by atoms with E-state index in [4.69, 9.17) is 18.9 Å². The summed E-state index contributed by atoms with van der Waals surface area (Å²) in [4.78, 5) is 25.6. The number of fused-ring (bicyclic) bond motifs is 1. The van der Waals surface area contributed by atoms with Gasteiger partial charge in [-0.2, -0.15) is 0 Å². The molecule has 9 heteroatoms. The molecule has 0 radical (unpaired) electrons. The molecule has 0 saturated carbocycles. The summed E-state index contributed by atoms with van der Waals surface area (Å²) in [5.74, 6) is 1.08. The zero-order valence-electron chi connectivity index (χ0n) is 19.6. The summed E-state index contributed by atoms with van der Waals surface area (Å²) in [7, 11) is 1.53. The molecular formula is C26H28N4O5. The number of carbonyl (C=O) groups is 1. The summed E-state index contributed by atoms with van der Waals surface area (Å²) in [6, 6.07) is 9.43. The van der Waals surface area contributed by atoms with E-state index in [9.17, 15) is 4.79 Å². The predicted octanol–water partition coefficient (Wildman–Crippen LogP) is 3.23. The summed E-state index contributed by atoms with van der Waals surface area (Å²) in [6.07, 6.45) is 8.97. The molecule has 1 N–H and O–H groups in total. The number of methoxy groups -OCH3 is 1. The number of pyridine rings is 1. The van der Waals surface area contributed by atoms with Crippen LogP contribution in [0.2, 0.25) is 0 Å². The fourth-order valence-corrected chi connectivity index (χ4v) is 4.32. The van der Waals surface area contributed by atoms with Crippen LogP contribution in [-0.2, 0) is 11.2 Å². The molecule has 1 fully saturated rings. The monoisotopic (exact) mass is 476 g/mol. The topological polar surface area (TPSA) is 105 Å². The van der Waals surface area contributed by atoms with Gasteiger partial charge in [-0.25, -0.2) is 15.0 Å². The van der Waals surface area contributed by atoms with E-state index in [-0.39, 0.29) is 18.1 Å². The summed E-state index contributed by atoms with van der Waals surface area (Å²) in [5, 5.41) is 3.06. The molecule has 1 amide bonds. The molecule has 1 unspecified atom stereocenters. The molecule has 0 bridgehead atoms. The summed E-state index contributed by atoms with van der Waals surface area (Å²) in [5.41, 5.74) is 3.30. The van der Waals surface area contributed by atoms with Gasteiger partial charge in [-0.15, -0.1) is 0 Å². The number of nitrogens with one attached hydrogen (secondary N) is 1. The molecule has 2 aliphatic heterocycles. The zero-order chi connectivity index (χ0) is 24.0. The molecule has 182 valence electrons. The number of rotatable bonds is 7. The average molecular weight is 477 g/mol. The van der Waals surface area contributed by atoms with Gasteiger partial charge in [-0.05, 0) is 37.0 Å². The van der Waals surface area contributed by atoms with Crippen molar-refractivity contribution >= 4 is 5.91 Å². The Hall–Kier alpha value is -3.72. The lowest BCUT2D eigenvalue weighted by Gasteiger charge is -2.28. The molecule has 0 spiro atoms. The van der Waals surface area contributed by atoms with Gasteiger partial charge in [0.15, 0.2) is 0 Å². The number of benzene rings is 1. The van der Waals surface area contributed by atoms with Crippen LogP contribution in [0.1, 0.15) is 35.2 Å². The Kier molecular flexibility index (Phi) is 7.04. The Morgan fingerprint density at radius 3 is 2.74 bits per heavy atom. The number of nitrogens with zero attached hydrogens (tertiary/aromatic N) is 3. The highest BCUT2D eigenvalue weighted by Gasteiger charge is 2.25. The Morgan fingerprint density at radius 1 is 1.11 bits per heavy atom. The Bertz CT molecular complexity index is 1150. The minimum Gasteiger partial charge on any atom is -0.491 e. The second-order valence-electron chi connectivity index (χ2n) is 8.61. The van der Waals surface area contributed by atoms with Gasteiger partial charge >= 0.3 is 6.01 Å². The lowest BCUT2D eigenvalue weighted by atomic mass is 9.94. The van der Waals surface area contributed by atoms with Crippen molar-refractivity contribution in [2.45, 2.75) is 37.8 Å². The van der Waals surface area contributed by atoms with E-state index in [1.54, 1.807) is 24.5 Å². The SMILES string of the molecule is COc1ncc(-c2cccc3c2C[C@H](NC(=O)c2ccc(OCC4CCCCO4)nc2)CO3)cn1. The maximum atomic E-state index is 12.9. The lowest BCUT2D eigenvalue weighted by molar-refractivity contribution is -0.0119. The van der Waals surface area contributed by atoms with Crippen LogP contribution in [0, 0.1) is 0 Å². The van der Waals surface area contributed by atoms with Crippen molar-refractivity contribution in [3.05, 3.63) is 60.0 Å². The minimum atomic E-state index is -0.207. The second-order valence-corrected chi connectivity index (χ2v) is 8.61. The highest BCUT2D eigenvalue weighted by atomic mass is 16.5. The Morgan fingerprint density at radius 2 is 2.00 bits per heavy atom. The van der Waals surface area contributed by atoms with E-state index in [1.165, 1.54) is 13.3 Å². The molecule has 4 heterocycles. The standard InChI is InChI=1S/C26H28N4O5/c1-32-26-28-13-18(14-29-26)21-6-4-7-23-22(21)11-19(15-34-23)30-25(31)17-8-9-24(27-12-17)35-16-20-5-2-3-10-33-20/h4,6-9,12-14,19-20H,2-3,5,10-11,15-16H2,1H3,(H,30,31)/t19-,20?/m0/s1. The number of hydrogen-bond donors (Lipinski definition) is 1. The Balaban J connectivity index is 1.21. The molecule has 9 nitrogen and oxygen atoms in total. The minimum absolute atomic E-state index is 0.108. The largest absolute Gasteiger partial charge is 0.491 e. The first-order valence-corrected chi connectivity index (χ1v) is 11.8. The fraction of sp³-hybridized carbons (Fsp3) is 0.385. The molecule has 1 aromatic carbocycles. The zero-order valence-corrected chi connectivity index (χ0v) is 19.6. The average Bonchev–Trinajstić information content (AvgIpc) is 2.92. The van der Waals surface area contributed by atoms with Crippen molar-refractivity contribution in [1.82, 2.24) is 20.3 Å². The fourth-order valence-electron chi connectivity index (χ4n) is 4.32. The van der Waals surface area contributed by atoms with E-state index in [0.717, 1.165) is 48.3 Å². The quantitative estimate of drug-likeness (QED) is 0.554. The predicted molar refractivity (Wildman–Crippen MR) is 128 cm³/mol. The van der Waals surface area contributed by atoms with E-state index >= 15 is 0 Å². The van der Waals surface area contributed by atoms with Gasteiger partial charge in [0.05, 0.1) is 24.8 Å². The number of hydrogen-bond acceptors (Lipinski definition) is 8. The first-order valence-electron chi connectivity index (χ1n) is 11.8. The molecule has 0 aliphatic carbocycles. The van der Waals surface area contributed by atoms with Crippen molar-refractivity contribution in [3.8, 4) is 28.8 Å². The Labute approximate surface area is 203 Å². The van der Waals surface area contributed by atoms with E-state index in [1.807, 2.05) is 18.2 Å². The first-order chi connectivity index (χ1) is 17.2. The van der Waals surface area contributed by atoms with E-state index < -0.39 is 0 Å². The number of amides is 1. The number of ether oxygens (including phenoxy) is 4. The van der Waals surface area contributed by atoms with Gasteiger partial charge < -0.3 is 24.3 Å². The molecule has 5 rings (SSSR count). The number of carbonyl (C=O) groups excluding carboxylic acids is 1. The lowest BCUT2D eigenvalue weighted by Crippen LogP contribution is -2.42. The molecule has 2 atom stereocenters. The van der Waals surface area contributed by atoms with Crippen LogP contribution in [0.25, 0.3) is 11.1 Å². The molecule has 3 aromatic rings. The van der Waals surface area contributed by atoms with Crippen molar-refractivity contribution in [1.29, 1.82) is 0 Å². The van der Waals surface area contributed by atoms with Crippen LogP contribution in [-0.4, -0.2) is 59.9 Å². The van der Waals surface area contributed by atoms with Crippen molar-refractivity contribution in [2.75, 3.05) is 26.9 Å². The van der Waals surface area contributed by atoms with Crippen LogP contribution >= 0.6 is 0 Å². The van der Waals surface area contributed by atoms with Crippen LogP contribution < -0.4 is 19.5 Å². The van der Waals surface area contributed by atoms with Crippen LogP contribution in [0.3, 0.4) is 0 Å². The molecule has 1 saturated heterocycles. The molecule has 2 aromatic heterocycles. The van der Waals surface area contributed by atoms with Gasteiger partial charge in [0.25, 0.3) is 5.91 Å². The first kappa shape index (κ1) is 23.0. The summed E-state index contributed by atoms with van der Waals surface area (Å²) in [6.45, 7) is 1.64. The summed E-state index contributed by atoms with van der Waals surface area (Å²) >= 11 is 0. The highest BCUT2D eigenvalue weighted by Crippen LogP contribution is 2.34. The third-order valence-corrected chi connectivity index (χ3v) is 6.17.